The van der Waals surface area contributed by atoms with Crippen LogP contribution in [-0.2, 0) is 0 Å². The molecule has 0 spiro atoms. The van der Waals surface area contributed by atoms with Crippen molar-refractivity contribution in [3.05, 3.63) is 0 Å². The number of aliphatic hydroxyl groups is 1. The summed E-state index contributed by atoms with van der Waals surface area (Å²) < 4.78 is 0. The highest BCUT2D eigenvalue weighted by Gasteiger charge is 2.71. The van der Waals surface area contributed by atoms with E-state index in [2.05, 4.69) is 34.6 Å². The van der Waals surface area contributed by atoms with Gasteiger partial charge >= 0.3 is 0 Å². The zero-order valence-corrected chi connectivity index (χ0v) is 14.7. The van der Waals surface area contributed by atoms with Crippen molar-refractivity contribution in [2.45, 2.75) is 79.2 Å². The minimum absolute atomic E-state index is 0.0352. The predicted octanol–water partition coefficient (Wildman–Crippen LogP) is 4.88. The Labute approximate surface area is 130 Å². The van der Waals surface area contributed by atoms with E-state index in [0.29, 0.717) is 10.8 Å². The molecule has 1 unspecified atom stereocenters. The minimum atomic E-state index is -0.0352. The molecule has 0 heterocycles. The van der Waals surface area contributed by atoms with Crippen molar-refractivity contribution in [3.8, 4) is 0 Å². The lowest BCUT2D eigenvalue weighted by Gasteiger charge is -2.58. The van der Waals surface area contributed by atoms with Gasteiger partial charge in [0.25, 0.3) is 0 Å². The highest BCUT2D eigenvalue weighted by molar-refractivity contribution is 5.20. The third-order valence-electron chi connectivity index (χ3n) is 8.83. The lowest BCUT2D eigenvalue weighted by molar-refractivity contribution is -0.120. The van der Waals surface area contributed by atoms with Crippen molar-refractivity contribution < 1.29 is 5.11 Å². The Hall–Kier alpha value is -0.0400. The summed E-state index contributed by atoms with van der Waals surface area (Å²) in [6.07, 6.45) is 8.01. The fraction of sp³-hybridized carbons (Fsp3) is 1.00. The van der Waals surface area contributed by atoms with Crippen LogP contribution in [0.25, 0.3) is 0 Å². The molecule has 4 saturated carbocycles. The van der Waals surface area contributed by atoms with Gasteiger partial charge in [-0.1, -0.05) is 34.6 Å². The SMILES string of the molecule is CC(C)[C@H]1CC[C@]2(C)CC[C@@]3(C)C[C@@H](O)[C@@]4(C)C[C@H]4C3[C@@H]12. The Morgan fingerprint density at radius 2 is 1.57 bits per heavy atom. The summed E-state index contributed by atoms with van der Waals surface area (Å²) in [6.45, 7) is 12.4. The first-order chi connectivity index (χ1) is 9.71. The van der Waals surface area contributed by atoms with E-state index in [-0.39, 0.29) is 11.5 Å². The summed E-state index contributed by atoms with van der Waals surface area (Å²) in [6, 6.07) is 0. The molecular formula is C20H34O. The number of hydrogen-bond acceptors (Lipinski definition) is 1. The van der Waals surface area contributed by atoms with E-state index in [1.807, 2.05) is 0 Å². The summed E-state index contributed by atoms with van der Waals surface area (Å²) >= 11 is 0. The normalized spacial score (nSPS) is 62.1. The minimum Gasteiger partial charge on any atom is -0.393 e. The second kappa shape index (κ2) is 4.08. The smallest absolute Gasteiger partial charge is 0.0601 e. The molecule has 8 atom stereocenters. The van der Waals surface area contributed by atoms with Crippen molar-refractivity contribution >= 4 is 0 Å². The summed E-state index contributed by atoms with van der Waals surface area (Å²) in [5, 5.41) is 10.7. The Kier molecular flexibility index (Phi) is 2.82. The molecule has 1 nitrogen and oxygen atoms in total. The maximum absolute atomic E-state index is 10.7. The molecule has 4 aliphatic carbocycles. The quantitative estimate of drug-likeness (QED) is 0.729. The van der Waals surface area contributed by atoms with Crippen molar-refractivity contribution in [2.24, 2.45) is 45.8 Å². The fourth-order valence-corrected chi connectivity index (χ4v) is 7.25. The Morgan fingerprint density at radius 1 is 0.905 bits per heavy atom. The molecule has 4 aliphatic rings. The van der Waals surface area contributed by atoms with Crippen LogP contribution in [-0.4, -0.2) is 11.2 Å². The first kappa shape index (κ1) is 14.5. The van der Waals surface area contributed by atoms with Crippen molar-refractivity contribution in [1.29, 1.82) is 0 Å². The van der Waals surface area contributed by atoms with E-state index in [1.54, 1.807) is 0 Å². The molecule has 1 N–H and O–H groups in total. The van der Waals surface area contributed by atoms with Gasteiger partial charge in [-0.05, 0) is 84.4 Å². The zero-order valence-electron chi connectivity index (χ0n) is 14.7. The maximum atomic E-state index is 10.7. The molecule has 0 aromatic rings. The third-order valence-corrected chi connectivity index (χ3v) is 8.83. The molecule has 4 rings (SSSR count). The molecular weight excluding hydrogens is 256 g/mol. The van der Waals surface area contributed by atoms with Gasteiger partial charge in [-0.15, -0.1) is 0 Å². The van der Waals surface area contributed by atoms with Crippen LogP contribution in [0.4, 0.5) is 0 Å². The topological polar surface area (TPSA) is 20.2 Å². The van der Waals surface area contributed by atoms with Crippen molar-refractivity contribution in [2.75, 3.05) is 0 Å². The molecule has 0 aromatic heterocycles. The standard InChI is InChI=1S/C20H34O/c1-12(2)13-6-7-18(3)8-9-19(4)11-15(21)20(5)10-14(20)17(19)16(13)18/h12-17,21H,6-11H2,1-5H3/t13-,14+,15-,16-,17?,18-,19+,20+/m1/s1. The molecule has 120 valence electrons. The maximum Gasteiger partial charge on any atom is 0.0601 e. The second-order valence-electron chi connectivity index (χ2n) is 10.3. The Balaban J connectivity index is 1.75. The third kappa shape index (κ3) is 1.73. The van der Waals surface area contributed by atoms with Gasteiger partial charge in [0.2, 0.25) is 0 Å². The summed E-state index contributed by atoms with van der Waals surface area (Å²) in [4.78, 5) is 0. The number of rotatable bonds is 1. The highest BCUT2D eigenvalue weighted by atomic mass is 16.3. The van der Waals surface area contributed by atoms with Crippen LogP contribution in [0.1, 0.15) is 73.1 Å². The molecule has 1 heteroatoms. The van der Waals surface area contributed by atoms with Crippen LogP contribution in [0.5, 0.6) is 0 Å². The van der Waals surface area contributed by atoms with Crippen LogP contribution in [0.2, 0.25) is 0 Å². The van der Waals surface area contributed by atoms with Gasteiger partial charge in [0.15, 0.2) is 0 Å². The van der Waals surface area contributed by atoms with Gasteiger partial charge < -0.3 is 5.11 Å². The average Bonchev–Trinajstić information content (AvgIpc) is 2.95. The summed E-state index contributed by atoms with van der Waals surface area (Å²) in [5.74, 6) is 4.39. The van der Waals surface area contributed by atoms with Crippen molar-refractivity contribution in [3.63, 3.8) is 0 Å². The lowest BCUT2D eigenvalue weighted by Crippen LogP contribution is -2.53. The average molecular weight is 290 g/mol. The van der Waals surface area contributed by atoms with E-state index in [4.69, 9.17) is 0 Å². The van der Waals surface area contributed by atoms with Crippen LogP contribution in [0, 0.1) is 45.8 Å². The van der Waals surface area contributed by atoms with Crippen LogP contribution in [0.3, 0.4) is 0 Å². The molecule has 0 radical (unpaired) electrons. The van der Waals surface area contributed by atoms with Crippen molar-refractivity contribution in [1.82, 2.24) is 0 Å². The van der Waals surface area contributed by atoms with E-state index < -0.39 is 0 Å². The lowest BCUT2D eigenvalue weighted by atomic mass is 9.47. The molecule has 21 heavy (non-hydrogen) atoms. The molecule has 0 bridgehead atoms. The van der Waals surface area contributed by atoms with Gasteiger partial charge in [0.1, 0.15) is 0 Å². The number of aliphatic hydroxyl groups excluding tert-OH is 1. The van der Waals surface area contributed by atoms with Gasteiger partial charge in [-0.3, -0.25) is 0 Å². The molecule has 0 amide bonds. The Bertz CT molecular complexity index is 457. The first-order valence-electron chi connectivity index (χ1n) is 9.39. The molecule has 0 saturated heterocycles. The highest BCUT2D eigenvalue weighted by Crippen LogP contribution is 2.76. The van der Waals surface area contributed by atoms with Crippen LogP contribution >= 0.6 is 0 Å². The van der Waals surface area contributed by atoms with E-state index >= 15 is 0 Å². The van der Waals surface area contributed by atoms with Crippen LogP contribution in [0.15, 0.2) is 0 Å². The summed E-state index contributed by atoms with van der Waals surface area (Å²) in [7, 11) is 0. The van der Waals surface area contributed by atoms with Gasteiger partial charge in [0, 0.05) is 0 Å². The van der Waals surface area contributed by atoms with Gasteiger partial charge in [-0.25, -0.2) is 0 Å². The molecule has 0 aromatic carbocycles. The largest absolute Gasteiger partial charge is 0.393 e. The first-order valence-corrected chi connectivity index (χ1v) is 9.39. The van der Waals surface area contributed by atoms with Crippen LogP contribution < -0.4 is 0 Å². The summed E-state index contributed by atoms with van der Waals surface area (Å²) in [5.41, 5.74) is 1.29. The predicted molar refractivity (Wildman–Crippen MR) is 86.8 cm³/mol. The van der Waals surface area contributed by atoms with E-state index in [0.717, 1.165) is 36.0 Å². The fourth-order valence-electron chi connectivity index (χ4n) is 7.25. The molecule has 4 fully saturated rings. The van der Waals surface area contributed by atoms with E-state index in [1.165, 1.54) is 32.1 Å². The molecule has 0 aliphatic heterocycles. The monoisotopic (exact) mass is 290 g/mol. The number of hydrogen-bond donors (Lipinski definition) is 1. The second-order valence-corrected chi connectivity index (χ2v) is 10.3. The Morgan fingerprint density at radius 3 is 2.24 bits per heavy atom. The van der Waals surface area contributed by atoms with Gasteiger partial charge in [-0.2, -0.15) is 0 Å². The van der Waals surface area contributed by atoms with E-state index in [9.17, 15) is 5.11 Å². The zero-order chi connectivity index (χ0) is 15.2. The van der Waals surface area contributed by atoms with Gasteiger partial charge in [0.05, 0.1) is 6.10 Å². The number of fused-ring (bicyclic) bond motifs is 5.